The van der Waals surface area contributed by atoms with Gasteiger partial charge >= 0.3 is 5.97 Å². The standard InChI is InChI=1S/C31H34N4O3.C30H34N6O2.CH4O.H4N2/c1-6-35-28-12-11-26(21(4)30(28)32-33-35)27(17-29(36)38-5)23-10-9-22-13-14-34(18-25(22)16-23)31(37)24-8-7-19(2)20(3)15-24;1-5-36-27-11-10-25(20(4)29(27)33-34-36)26(16-28(37)32-31)22-9-8-21-12-13-35(17-24(21)15-22)30(38)23-7-6-18(2)19(3)14-23;2*1-2/h7-12,15-16,27H,6,13-14,17-18H2,1-5H3;6-11,14-15,26H,5,12-13,16-17,31H2,1-4H3,(H,32,37);2H,1H3;1-2H2/t27-;26-;;/m00../s1. The molecule has 0 bridgehead atoms. The first-order valence-electron chi connectivity index (χ1n) is 27.1. The van der Waals surface area contributed by atoms with E-state index in [4.69, 9.17) is 15.7 Å². The monoisotopic (exact) mass is 1080 g/mol. The van der Waals surface area contributed by atoms with Crippen molar-refractivity contribution in [2.24, 2.45) is 17.5 Å². The zero-order chi connectivity index (χ0) is 57.9. The number of aliphatic hydroxyl groups is 1. The van der Waals surface area contributed by atoms with Gasteiger partial charge < -0.3 is 19.6 Å². The van der Waals surface area contributed by atoms with E-state index in [9.17, 15) is 19.2 Å². The molecule has 2 aliphatic heterocycles. The highest BCUT2D eigenvalue weighted by atomic mass is 16.5. The lowest BCUT2D eigenvalue weighted by Crippen LogP contribution is -2.36. The van der Waals surface area contributed by atoms with Crippen molar-refractivity contribution in [3.63, 3.8) is 0 Å². The summed E-state index contributed by atoms with van der Waals surface area (Å²) in [7, 11) is 2.42. The van der Waals surface area contributed by atoms with Gasteiger partial charge in [0.1, 0.15) is 11.0 Å². The van der Waals surface area contributed by atoms with Crippen molar-refractivity contribution in [2.75, 3.05) is 27.3 Å². The fraction of sp³-hybridized carbons (Fsp3) is 0.355. The molecule has 3 amide bonds. The molecule has 8 aromatic rings. The Morgan fingerprint density at radius 1 is 0.575 bits per heavy atom. The van der Waals surface area contributed by atoms with Crippen LogP contribution in [0.1, 0.15) is 137 Å². The molecule has 2 aromatic heterocycles. The molecule has 0 unspecified atom stereocenters. The molecule has 18 nitrogen and oxygen atoms in total. The quantitative estimate of drug-likeness (QED) is 0.0339. The Kier molecular flexibility index (Phi) is 19.8. The number of aryl methyl sites for hydroxylation is 8. The van der Waals surface area contributed by atoms with Crippen LogP contribution >= 0.6 is 0 Å². The van der Waals surface area contributed by atoms with Crippen molar-refractivity contribution in [3.8, 4) is 0 Å². The van der Waals surface area contributed by atoms with Crippen LogP contribution in [0.2, 0.25) is 0 Å². The topological polar surface area (TPSA) is 256 Å². The summed E-state index contributed by atoms with van der Waals surface area (Å²) in [5.74, 6) is 12.7. The summed E-state index contributed by atoms with van der Waals surface area (Å²) in [6.07, 6.45) is 2.02. The molecule has 0 fully saturated rings. The molecule has 4 heterocycles. The number of hydrazine groups is 2. The number of nitrogens with one attached hydrogen (secondary N) is 1. The minimum atomic E-state index is -0.268. The van der Waals surface area contributed by atoms with Gasteiger partial charge in [-0.3, -0.25) is 36.3 Å². The number of nitrogens with zero attached hydrogens (tertiary/aromatic N) is 8. The van der Waals surface area contributed by atoms with Gasteiger partial charge in [0.05, 0.1) is 24.6 Å². The van der Waals surface area contributed by atoms with Crippen LogP contribution in [0.4, 0.5) is 0 Å². The van der Waals surface area contributed by atoms with Gasteiger partial charge in [-0.1, -0.05) is 71.1 Å². The third kappa shape index (κ3) is 12.6. The zero-order valence-corrected chi connectivity index (χ0v) is 47.8. The third-order valence-corrected chi connectivity index (χ3v) is 15.8. The maximum Gasteiger partial charge on any atom is 0.306 e. The molecule has 8 N–H and O–H groups in total. The summed E-state index contributed by atoms with van der Waals surface area (Å²) < 4.78 is 8.82. The van der Waals surface area contributed by atoms with Gasteiger partial charge in [0.2, 0.25) is 5.91 Å². The minimum absolute atomic E-state index is 0.0449. The number of methoxy groups -OCH3 is 1. The second-order valence-corrected chi connectivity index (χ2v) is 20.4. The van der Waals surface area contributed by atoms with Crippen molar-refractivity contribution in [2.45, 2.75) is 119 Å². The normalized spacial score (nSPS) is 13.3. The number of nitrogens with two attached hydrogens (primary N) is 3. The smallest absolute Gasteiger partial charge is 0.306 e. The van der Waals surface area contributed by atoms with E-state index in [1.54, 1.807) is 0 Å². The molecule has 80 heavy (non-hydrogen) atoms. The van der Waals surface area contributed by atoms with Crippen molar-refractivity contribution in [1.29, 1.82) is 0 Å². The molecule has 420 valence electrons. The van der Waals surface area contributed by atoms with Crippen LogP contribution in [-0.4, -0.2) is 95.9 Å². The van der Waals surface area contributed by atoms with E-state index in [1.807, 2.05) is 109 Å². The van der Waals surface area contributed by atoms with Crippen LogP contribution in [0.25, 0.3) is 22.1 Å². The summed E-state index contributed by atoms with van der Waals surface area (Å²) >= 11 is 0. The molecular formula is C62H76N12O6. The molecule has 2 atom stereocenters. The molecule has 0 radical (unpaired) electrons. The van der Waals surface area contributed by atoms with Crippen LogP contribution in [0, 0.1) is 41.5 Å². The Labute approximate surface area is 468 Å². The summed E-state index contributed by atoms with van der Waals surface area (Å²) in [4.78, 5) is 55.6. The molecular weight excluding hydrogens is 1010 g/mol. The van der Waals surface area contributed by atoms with Gasteiger partial charge in [-0.2, -0.15) is 0 Å². The summed E-state index contributed by atoms with van der Waals surface area (Å²) in [5.41, 5.74) is 22.8. The van der Waals surface area contributed by atoms with E-state index in [-0.39, 0.29) is 48.4 Å². The highest BCUT2D eigenvalue weighted by Gasteiger charge is 2.29. The molecule has 2 aliphatic rings. The van der Waals surface area contributed by atoms with E-state index >= 15 is 0 Å². The number of esters is 1. The predicted molar refractivity (Wildman–Crippen MR) is 311 cm³/mol. The van der Waals surface area contributed by atoms with Gasteiger partial charge in [-0.05, 0) is 183 Å². The molecule has 6 aromatic carbocycles. The van der Waals surface area contributed by atoms with E-state index < -0.39 is 0 Å². The van der Waals surface area contributed by atoms with E-state index in [0.29, 0.717) is 31.7 Å². The number of carbonyl (C=O) groups is 4. The number of hydrogen-bond acceptors (Lipinski definition) is 13. The highest BCUT2D eigenvalue weighted by Crippen LogP contribution is 2.38. The summed E-state index contributed by atoms with van der Waals surface area (Å²) in [6.45, 7) is 20.2. The first-order chi connectivity index (χ1) is 38.6. The highest BCUT2D eigenvalue weighted by molar-refractivity contribution is 5.95. The minimum Gasteiger partial charge on any atom is -0.469 e. The molecule has 18 heteroatoms. The van der Waals surface area contributed by atoms with Crippen LogP contribution in [-0.2, 0) is 53.3 Å². The number of benzene rings is 6. The maximum absolute atomic E-state index is 13.3. The SMILES string of the molecule is CCn1nnc2c(C)c([C@@H](CC(=O)NN)c3ccc4c(c3)CN(C(=O)c3ccc(C)c(C)c3)CC4)ccc21.CCn1nnc2c(C)c([C@@H](CC(=O)OC)c3ccc4c(c3)CN(C(=O)c3ccc(C)c(C)c3)CC4)ccc21.CO.NN. The van der Waals surface area contributed by atoms with Crippen LogP contribution in [0.5, 0.6) is 0 Å². The number of amides is 3. The average Bonchev–Trinajstić information content (AvgIpc) is 4.13. The number of ether oxygens (including phenoxy) is 1. The molecule has 0 aliphatic carbocycles. The Morgan fingerprint density at radius 3 is 1.39 bits per heavy atom. The van der Waals surface area contributed by atoms with Crippen molar-refractivity contribution >= 4 is 45.8 Å². The Morgan fingerprint density at radius 2 is 1.00 bits per heavy atom. The molecule has 10 rings (SSSR count). The van der Waals surface area contributed by atoms with E-state index in [2.05, 4.69) is 100 Å². The lowest BCUT2D eigenvalue weighted by atomic mass is 9.83. The fourth-order valence-electron chi connectivity index (χ4n) is 10.9. The van der Waals surface area contributed by atoms with Crippen molar-refractivity contribution in [1.82, 2.24) is 45.2 Å². The van der Waals surface area contributed by atoms with Crippen molar-refractivity contribution < 1.29 is 29.0 Å². The molecule has 0 saturated heterocycles. The largest absolute Gasteiger partial charge is 0.469 e. The van der Waals surface area contributed by atoms with Gasteiger partial charge in [-0.15, -0.1) is 10.2 Å². The van der Waals surface area contributed by atoms with Gasteiger partial charge in [0, 0.05) is 75.8 Å². The van der Waals surface area contributed by atoms with Crippen LogP contribution in [0.3, 0.4) is 0 Å². The lowest BCUT2D eigenvalue weighted by Gasteiger charge is -2.30. The van der Waals surface area contributed by atoms with Crippen LogP contribution in [0.15, 0.2) is 97.1 Å². The number of aromatic nitrogens is 6. The van der Waals surface area contributed by atoms with Crippen molar-refractivity contribution in [3.05, 3.63) is 186 Å². The zero-order valence-electron chi connectivity index (χ0n) is 47.8. The lowest BCUT2D eigenvalue weighted by molar-refractivity contribution is -0.140. The number of carbonyl (C=O) groups excluding carboxylic acids is 4. The first-order valence-corrected chi connectivity index (χ1v) is 27.1. The Balaban J connectivity index is 0.000000218. The summed E-state index contributed by atoms with van der Waals surface area (Å²) in [5, 5.41) is 24.4. The average molecular weight is 1090 g/mol. The van der Waals surface area contributed by atoms with Gasteiger partial charge in [-0.25, -0.2) is 15.2 Å². The predicted octanol–water partition coefficient (Wildman–Crippen LogP) is 7.78. The molecule has 0 spiro atoms. The summed E-state index contributed by atoms with van der Waals surface area (Å²) in [6, 6.07) is 32.8. The van der Waals surface area contributed by atoms with Gasteiger partial charge in [0.15, 0.2) is 0 Å². The second kappa shape index (κ2) is 26.7. The number of aliphatic hydroxyl groups excluding tert-OH is 1. The third-order valence-electron chi connectivity index (χ3n) is 15.8. The second-order valence-electron chi connectivity index (χ2n) is 20.4. The first kappa shape index (κ1) is 59.5. The van der Waals surface area contributed by atoms with E-state index in [1.165, 1.54) is 29.4 Å². The number of rotatable bonds is 12. The van der Waals surface area contributed by atoms with Crippen LogP contribution < -0.4 is 23.0 Å². The van der Waals surface area contributed by atoms with Gasteiger partial charge in [0.25, 0.3) is 11.8 Å². The number of fused-ring (bicyclic) bond motifs is 4. The molecule has 0 saturated carbocycles. The Hall–Kier alpha value is -8.16. The maximum atomic E-state index is 13.3. The van der Waals surface area contributed by atoms with E-state index in [0.717, 1.165) is 116 Å². The Bertz CT molecular complexity index is 3320. The number of hydrogen-bond donors (Lipinski definition) is 5. The fourth-order valence-corrected chi connectivity index (χ4v) is 10.9.